The number of aromatic amines is 1. The Hall–Kier alpha value is -2.28. The summed E-state index contributed by atoms with van der Waals surface area (Å²) in [4.78, 5) is 5.16. The van der Waals surface area contributed by atoms with Gasteiger partial charge >= 0.3 is 0 Å². The fourth-order valence-electron chi connectivity index (χ4n) is 1.52. The van der Waals surface area contributed by atoms with E-state index in [9.17, 15) is 8.42 Å². The number of hydrazone groups is 1. The molecule has 0 aliphatic carbocycles. The molecular weight excluding hydrogens is 278 g/mol. The number of H-pyrrole nitrogens is 1. The molecule has 7 heteroatoms. The van der Waals surface area contributed by atoms with Crippen LogP contribution in [0.2, 0.25) is 0 Å². The van der Waals surface area contributed by atoms with Gasteiger partial charge in [0.05, 0.1) is 23.4 Å². The third-order valence-corrected chi connectivity index (χ3v) is 3.68. The van der Waals surface area contributed by atoms with Crippen molar-refractivity contribution in [3.05, 3.63) is 48.3 Å². The number of sulfonamides is 1. The van der Waals surface area contributed by atoms with Crippen LogP contribution in [-0.2, 0) is 10.0 Å². The second-order valence-corrected chi connectivity index (χ2v) is 5.54. The normalized spacial score (nSPS) is 11.7. The molecule has 1 aromatic heterocycles. The average molecular weight is 293 g/mol. The number of hydrogen-bond donors (Lipinski definition) is 2. The van der Waals surface area contributed by atoms with Crippen molar-refractivity contribution in [3.8, 4) is 5.75 Å². The predicted octanol–water partition coefficient (Wildman–Crippen LogP) is 1.73. The van der Waals surface area contributed by atoms with Gasteiger partial charge in [0.25, 0.3) is 10.0 Å². The Balaban J connectivity index is 2.06. The minimum absolute atomic E-state index is 0.129. The van der Waals surface area contributed by atoms with Crippen LogP contribution >= 0.6 is 0 Å². The fourth-order valence-corrected chi connectivity index (χ4v) is 2.32. The van der Waals surface area contributed by atoms with Crippen LogP contribution in [-0.4, -0.2) is 26.2 Å². The number of nitrogens with zero attached hydrogens (tertiary/aromatic N) is 1. The van der Waals surface area contributed by atoms with Crippen molar-refractivity contribution in [1.29, 1.82) is 0 Å². The molecule has 0 unspecified atom stereocenters. The van der Waals surface area contributed by atoms with Gasteiger partial charge in [-0.3, -0.25) is 0 Å². The summed E-state index contributed by atoms with van der Waals surface area (Å²) in [6, 6.07) is 9.71. The van der Waals surface area contributed by atoms with Crippen molar-refractivity contribution in [1.82, 2.24) is 9.82 Å². The predicted molar refractivity (Wildman–Crippen MR) is 76.3 cm³/mol. The van der Waals surface area contributed by atoms with E-state index in [-0.39, 0.29) is 4.90 Å². The van der Waals surface area contributed by atoms with E-state index in [2.05, 4.69) is 14.9 Å². The zero-order valence-corrected chi connectivity index (χ0v) is 11.7. The van der Waals surface area contributed by atoms with Gasteiger partial charge in [-0.1, -0.05) is 0 Å². The van der Waals surface area contributed by atoms with E-state index >= 15 is 0 Å². The van der Waals surface area contributed by atoms with Crippen molar-refractivity contribution in [2.24, 2.45) is 5.10 Å². The summed E-state index contributed by atoms with van der Waals surface area (Å²) in [7, 11) is -3.66. The molecule has 6 nitrogen and oxygen atoms in total. The first-order valence-corrected chi connectivity index (χ1v) is 7.51. The van der Waals surface area contributed by atoms with Crippen molar-refractivity contribution in [2.45, 2.75) is 11.8 Å². The summed E-state index contributed by atoms with van der Waals surface area (Å²) in [5.41, 5.74) is 0.708. The first kappa shape index (κ1) is 14.1. The molecule has 0 amide bonds. The highest BCUT2D eigenvalue weighted by Gasteiger charge is 2.12. The zero-order valence-electron chi connectivity index (χ0n) is 10.9. The number of benzene rings is 1. The zero-order chi connectivity index (χ0) is 14.4. The highest BCUT2D eigenvalue weighted by molar-refractivity contribution is 7.89. The fraction of sp³-hybridized carbons (Fsp3) is 0.154. The lowest BCUT2D eigenvalue weighted by Gasteiger charge is -2.05. The van der Waals surface area contributed by atoms with Gasteiger partial charge in [-0.05, 0) is 43.3 Å². The molecule has 1 heterocycles. The molecule has 20 heavy (non-hydrogen) atoms. The molecule has 2 N–H and O–H groups in total. The van der Waals surface area contributed by atoms with Gasteiger partial charge in [-0.2, -0.15) is 13.5 Å². The molecule has 0 atom stereocenters. The van der Waals surface area contributed by atoms with Crippen molar-refractivity contribution >= 4 is 16.2 Å². The number of nitrogens with one attached hydrogen (secondary N) is 2. The molecule has 0 aliphatic heterocycles. The average Bonchev–Trinajstić information content (AvgIpc) is 2.93. The molecule has 0 saturated carbocycles. The van der Waals surface area contributed by atoms with Crippen LogP contribution in [0.25, 0.3) is 0 Å². The van der Waals surface area contributed by atoms with Gasteiger partial charge in [0.2, 0.25) is 0 Å². The molecule has 0 fully saturated rings. The van der Waals surface area contributed by atoms with Crippen LogP contribution in [0, 0.1) is 0 Å². The third kappa shape index (κ3) is 3.61. The summed E-state index contributed by atoms with van der Waals surface area (Å²) < 4.78 is 29.2. The molecule has 0 saturated heterocycles. The maximum absolute atomic E-state index is 12.0. The molecule has 2 rings (SSSR count). The lowest BCUT2D eigenvalue weighted by molar-refractivity contribution is 0.340. The summed E-state index contributed by atoms with van der Waals surface area (Å²) in [5, 5.41) is 3.70. The van der Waals surface area contributed by atoms with Gasteiger partial charge in [-0.25, -0.2) is 4.83 Å². The van der Waals surface area contributed by atoms with E-state index in [1.807, 2.05) is 6.92 Å². The van der Waals surface area contributed by atoms with Crippen LogP contribution in [0.3, 0.4) is 0 Å². The Labute approximate surface area is 117 Å². The summed E-state index contributed by atoms with van der Waals surface area (Å²) in [6.07, 6.45) is 3.12. The third-order valence-electron chi connectivity index (χ3n) is 2.44. The first-order chi connectivity index (χ1) is 9.62. The van der Waals surface area contributed by atoms with Gasteiger partial charge in [0.15, 0.2) is 0 Å². The lowest BCUT2D eigenvalue weighted by atomic mass is 10.3. The molecule has 0 radical (unpaired) electrons. The van der Waals surface area contributed by atoms with Gasteiger partial charge in [0.1, 0.15) is 5.75 Å². The second-order valence-electron chi connectivity index (χ2n) is 3.88. The molecule has 0 aliphatic rings. The van der Waals surface area contributed by atoms with Gasteiger partial charge in [0, 0.05) is 6.20 Å². The highest BCUT2D eigenvalue weighted by Crippen LogP contribution is 2.15. The highest BCUT2D eigenvalue weighted by atomic mass is 32.2. The molecule has 106 valence electrons. The van der Waals surface area contributed by atoms with Crippen molar-refractivity contribution in [3.63, 3.8) is 0 Å². The Morgan fingerprint density at radius 2 is 2.05 bits per heavy atom. The SMILES string of the molecule is CCOc1ccc(S(=O)(=O)N/N=C/c2ccc[nH]2)cc1. The second kappa shape index (κ2) is 6.25. The largest absolute Gasteiger partial charge is 0.494 e. The Bertz CT molecular complexity index is 661. The smallest absolute Gasteiger partial charge is 0.276 e. The minimum atomic E-state index is -3.66. The standard InChI is InChI=1S/C13H15N3O3S/c1-2-19-12-5-7-13(8-6-12)20(17,18)16-15-10-11-4-3-9-14-11/h3-10,14,16H,2H2,1H3/b15-10+. The lowest BCUT2D eigenvalue weighted by Crippen LogP contribution is -2.18. The van der Waals surface area contributed by atoms with Gasteiger partial charge in [-0.15, -0.1) is 0 Å². The molecule has 0 spiro atoms. The van der Waals surface area contributed by atoms with E-state index in [0.29, 0.717) is 18.1 Å². The van der Waals surface area contributed by atoms with Crippen LogP contribution in [0.4, 0.5) is 0 Å². The van der Waals surface area contributed by atoms with Crippen molar-refractivity contribution < 1.29 is 13.2 Å². The summed E-state index contributed by atoms with van der Waals surface area (Å²) in [5.74, 6) is 0.626. The Morgan fingerprint density at radius 3 is 2.65 bits per heavy atom. The van der Waals surface area contributed by atoms with E-state index in [1.54, 1.807) is 30.5 Å². The number of ether oxygens (including phenoxy) is 1. The van der Waals surface area contributed by atoms with E-state index in [4.69, 9.17) is 4.74 Å². The maximum atomic E-state index is 12.0. The van der Waals surface area contributed by atoms with E-state index < -0.39 is 10.0 Å². The molecule has 1 aromatic carbocycles. The van der Waals surface area contributed by atoms with Crippen LogP contribution in [0.1, 0.15) is 12.6 Å². The Morgan fingerprint density at radius 1 is 1.30 bits per heavy atom. The summed E-state index contributed by atoms with van der Waals surface area (Å²) >= 11 is 0. The van der Waals surface area contributed by atoms with E-state index in [1.165, 1.54) is 18.3 Å². The number of rotatable bonds is 6. The topological polar surface area (TPSA) is 83.6 Å². The first-order valence-electron chi connectivity index (χ1n) is 6.03. The minimum Gasteiger partial charge on any atom is -0.494 e. The van der Waals surface area contributed by atoms with Gasteiger partial charge < -0.3 is 9.72 Å². The molecular formula is C13H15N3O3S. The van der Waals surface area contributed by atoms with Crippen LogP contribution in [0.15, 0.2) is 52.6 Å². The Kier molecular flexibility index (Phi) is 4.41. The summed E-state index contributed by atoms with van der Waals surface area (Å²) in [6.45, 7) is 2.40. The maximum Gasteiger partial charge on any atom is 0.276 e. The monoisotopic (exact) mass is 293 g/mol. The quantitative estimate of drug-likeness (QED) is 0.628. The molecule has 0 bridgehead atoms. The number of aromatic nitrogens is 1. The van der Waals surface area contributed by atoms with E-state index in [0.717, 1.165) is 0 Å². The van der Waals surface area contributed by atoms with Crippen LogP contribution < -0.4 is 9.57 Å². The van der Waals surface area contributed by atoms with Crippen molar-refractivity contribution in [2.75, 3.05) is 6.61 Å². The number of hydrogen-bond acceptors (Lipinski definition) is 4. The molecule has 2 aromatic rings. The van der Waals surface area contributed by atoms with Crippen LogP contribution in [0.5, 0.6) is 5.75 Å².